The lowest BCUT2D eigenvalue weighted by Crippen LogP contribution is -2.10. The van der Waals surface area contributed by atoms with Gasteiger partial charge in [0.1, 0.15) is 5.75 Å². The van der Waals surface area contributed by atoms with Crippen molar-refractivity contribution in [3.8, 4) is 5.75 Å². The molecule has 0 aromatic heterocycles. The highest BCUT2D eigenvalue weighted by atomic mass is 16.6. The third-order valence-corrected chi connectivity index (χ3v) is 1.53. The smallest absolute Gasteiger partial charge is 0.225 e. The number of ether oxygens (including phenoxy) is 1. The fourth-order valence-corrected chi connectivity index (χ4v) is 0.988. The number of aliphatic hydroxyl groups excluding tert-OH is 1. The molecule has 0 fully saturated rings. The van der Waals surface area contributed by atoms with Gasteiger partial charge in [0.25, 0.3) is 0 Å². The summed E-state index contributed by atoms with van der Waals surface area (Å²) in [5.41, 5.74) is 0.248. The van der Waals surface area contributed by atoms with Crippen molar-refractivity contribution >= 4 is 12.1 Å². The monoisotopic (exact) mass is 194 g/mol. The van der Waals surface area contributed by atoms with Crippen LogP contribution < -0.4 is 4.74 Å². The van der Waals surface area contributed by atoms with E-state index in [1.165, 1.54) is 19.1 Å². The van der Waals surface area contributed by atoms with Crippen LogP contribution in [-0.2, 0) is 4.79 Å². The van der Waals surface area contributed by atoms with Crippen LogP contribution in [-0.4, -0.2) is 23.5 Å². The summed E-state index contributed by atoms with van der Waals surface area (Å²) < 4.78 is 4.94. The Kier molecular flexibility index (Phi) is 3.36. The summed E-state index contributed by atoms with van der Waals surface area (Å²) in [6.45, 7) is 1.45. The van der Waals surface area contributed by atoms with Gasteiger partial charge in [-0.1, -0.05) is 12.1 Å². The maximum Gasteiger partial charge on any atom is 0.225 e. The molecule has 1 aromatic carbocycles. The fourth-order valence-electron chi connectivity index (χ4n) is 0.988. The quantitative estimate of drug-likeness (QED) is 0.333. The Labute approximate surface area is 81.1 Å². The predicted octanol–water partition coefficient (Wildman–Crippen LogP) is 0.785. The molecule has 0 aliphatic carbocycles. The van der Waals surface area contributed by atoms with Gasteiger partial charge in [0.05, 0.1) is 0 Å². The zero-order valence-electron chi connectivity index (χ0n) is 7.64. The summed E-state index contributed by atoms with van der Waals surface area (Å²) in [6.07, 6.45) is -0.710. The van der Waals surface area contributed by atoms with Gasteiger partial charge in [-0.05, 0) is 19.1 Å². The van der Waals surface area contributed by atoms with Gasteiger partial charge in [-0.2, -0.15) is 0 Å². The minimum Gasteiger partial charge on any atom is -0.465 e. The van der Waals surface area contributed by atoms with Crippen LogP contribution in [0.15, 0.2) is 24.3 Å². The molecule has 0 aliphatic rings. The molecule has 1 N–H and O–H groups in total. The first-order valence-corrected chi connectivity index (χ1v) is 4.08. The number of carbonyl (C=O) groups is 2. The Morgan fingerprint density at radius 2 is 2.29 bits per heavy atom. The average molecular weight is 194 g/mol. The Bertz CT molecular complexity index is 344. The molecular weight excluding hydrogens is 184 g/mol. The first kappa shape index (κ1) is 10.4. The van der Waals surface area contributed by atoms with Crippen LogP contribution in [0.4, 0.5) is 0 Å². The Morgan fingerprint density at radius 1 is 1.57 bits per heavy atom. The SMILES string of the molecule is CC(O)Oc1cccc(C(=O)C=O)c1. The lowest BCUT2D eigenvalue weighted by Gasteiger charge is -2.08. The third kappa shape index (κ3) is 2.67. The van der Waals surface area contributed by atoms with Gasteiger partial charge < -0.3 is 9.84 Å². The standard InChI is InChI=1S/C10H10O4/c1-7(12)14-9-4-2-3-8(5-9)10(13)6-11/h2-7,12H,1H3. The summed E-state index contributed by atoms with van der Waals surface area (Å²) in [5.74, 6) is -0.256. The van der Waals surface area contributed by atoms with Crippen molar-refractivity contribution in [2.45, 2.75) is 13.2 Å². The molecule has 4 nitrogen and oxygen atoms in total. The van der Waals surface area contributed by atoms with Crippen molar-refractivity contribution < 1.29 is 19.4 Å². The number of rotatable bonds is 4. The molecule has 0 bridgehead atoms. The highest BCUT2D eigenvalue weighted by Crippen LogP contribution is 2.14. The summed E-state index contributed by atoms with van der Waals surface area (Å²) in [4.78, 5) is 21.2. The van der Waals surface area contributed by atoms with E-state index in [2.05, 4.69) is 0 Å². The fraction of sp³-hybridized carbons (Fsp3) is 0.200. The largest absolute Gasteiger partial charge is 0.465 e. The molecule has 1 atom stereocenters. The Hall–Kier alpha value is -1.68. The molecular formula is C10H10O4. The van der Waals surface area contributed by atoms with Crippen molar-refractivity contribution in [3.05, 3.63) is 29.8 Å². The maximum atomic E-state index is 11.0. The highest BCUT2D eigenvalue weighted by molar-refractivity contribution is 6.33. The molecule has 0 heterocycles. The lowest BCUT2D eigenvalue weighted by molar-refractivity contribution is -0.104. The highest BCUT2D eigenvalue weighted by Gasteiger charge is 2.05. The van der Waals surface area contributed by atoms with E-state index in [0.29, 0.717) is 5.75 Å². The van der Waals surface area contributed by atoms with Crippen molar-refractivity contribution in [2.24, 2.45) is 0 Å². The van der Waals surface area contributed by atoms with E-state index in [-0.39, 0.29) is 11.8 Å². The zero-order valence-corrected chi connectivity index (χ0v) is 7.64. The van der Waals surface area contributed by atoms with Crippen LogP contribution in [0.5, 0.6) is 5.75 Å². The molecule has 0 saturated heterocycles. The molecule has 0 radical (unpaired) electrons. The summed E-state index contributed by atoms with van der Waals surface area (Å²) in [5, 5.41) is 8.92. The van der Waals surface area contributed by atoms with Crippen molar-refractivity contribution in [1.29, 1.82) is 0 Å². The van der Waals surface area contributed by atoms with E-state index in [9.17, 15) is 9.59 Å². The normalized spacial score (nSPS) is 11.9. The molecule has 1 aromatic rings. The van der Waals surface area contributed by atoms with Crippen LogP contribution in [0.25, 0.3) is 0 Å². The van der Waals surface area contributed by atoms with Gasteiger partial charge in [0.15, 0.2) is 12.6 Å². The minimum atomic E-state index is -0.948. The Balaban J connectivity index is 2.89. The second kappa shape index (κ2) is 4.53. The topological polar surface area (TPSA) is 63.6 Å². The summed E-state index contributed by atoms with van der Waals surface area (Å²) in [6, 6.07) is 6.08. The van der Waals surface area contributed by atoms with Gasteiger partial charge in [-0.25, -0.2) is 0 Å². The molecule has 14 heavy (non-hydrogen) atoms. The van der Waals surface area contributed by atoms with Crippen LogP contribution >= 0.6 is 0 Å². The number of ketones is 1. The third-order valence-electron chi connectivity index (χ3n) is 1.53. The van der Waals surface area contributed by atoms with E-state index in [1.807, 2.05) is 0 Å². The molecule has 0 aliphatic heterocycles. The molecule has 0 saturated carbocycles. The number of benzene rings is 1. The van der Waals surface area contributed by atoms with E-state index < -0.39 is 12.1 Å². The van der Waals surface area contributed by atoms with Crippen LogP contribution in [0.2, 0.25) is 0 Å². The summed E-state index contributed by atoms with van der Waals surface area (Å²) >= 11 is 0. The van der Waals surface area contributed by atoms with E-state index in [1.54, 1.807) is 12.1 Å². The predicted molar refractivity (Wildman–Crippen MR) is 49.1 cm³/mol. The molecule has 74 valence electrons. The van der Waals surface area contributed by atoms with E-state index in [0.717, 1.165) is 0 Å². The molecule has 0 spiro atoms. The van der Waals surface area contributed by atoms with Crippen molar-refractivity contribution in [3.63, 3.8) is 0 Å². The lowest BCUT2D eigenvalue weighted by atomic mass is 10.1. The number of aliphatic hydroxyl groups is 1. The number of hydrogen-bond donors (Lipinski definition) is 1. The van der Waals surface area contributed by atoms with Gasteiger partial charge in [0.2, 0.25) is 5.78 Å². The van der Waals surface area contributed by atoms with Gasteiger partial charge in [-0.3, -0.25) is 9.59 Å². The Morgan fingerprint density at radius 3 is 2.86 bits per heavy atom. The van der Waals surface area contributed by atoms with Crippen molar-refractivity contribution in [2.75, 3.05) is 0 Å². The van der Waals surface area contributed by atoms with Gasteiger partial charge >= 0.3 is 0 Å². The zero-order chi connectivity index (χ0) is 10.6. The number of hydrogen-bond acceptors (Lipinski definition) is 4. The second-order valence-corrected chi connectivity index (χ2v) is 2.73. The van der Waals surface area contributed by atoms with Crippen molar-refractivity contribution in [1.82, 2.24) is 0 Å². The first-order chi connectivity index (χ1) is 6.63. The minimum absolute atomic E-state index is 0.238. The number of aldehydes is 1. The van der Waals surface area contributed by atoms with Crippen LogP contribution in [0.1, 0.15) is 17.3 Å². The maximum absolute atomic E-state index is 11.0. The van der Waals surface area contributed by atoms with Gasteiger partial charge in [0, 0.05) is 5.56 Å². The number of Topliss-reactive ketones (excluding diaryl/α,β-unsaturated/α-hetero) is 1. The van der Waals surface area contributed by atoms with Gasteiger partial charge in [-0.15, -0.1) is 0 Å². The van der Waals surface area contributed by atoms with Crippen LogP contribution in [0, 0.1) is 0 Å². The average Bonchev–Trinajstić information content (AvgIpc) is 2.16. The molecule has 4 heteroatoms. The van der Waals surface area contributed by atoms with Crippen LogP contribution in [0.3, 0.4) is 0 Å². The molecule has 0 amide bonds. The molecule has 1 rings (SSSR count). The van der Waals surface area contributed by atoms with E-state index in [4.69, 9.17) is 9.84 Å². The number of carbonyl (C=O) groups excluding carboxylic acids is 2. The summed E-state index contributed by atoms with van der Waals surface area (Å²) in [7, 11) is 0. The van der Waals surface area contributed by atoms with E-state index >= 15 is 0 Å². The molecule has 1 unspecified atom stereocenters. The second-order valence-electron chi connectivity index (χ2n) is 2.73. The first-order valence-electron chi connectivity index (χ1n) is 4.08.